The first-order valence-electron chi connectivity index (χ1n) is 7.67. The minimum atomic E-state index is -0.854. The van der Waals surface area contributed by atoms with E-state index in [2.05, 4.69) is 9.97 Å². The van der Waals surface area contributed by atoms with E-state index in [0.717, 1.165) is 23.4 Å². The molecule has 0 aromatic carbocycles. The molecule has 4 nitrogen and oxygen atoms in total. The lowest BCUT2D eigenvalue weighted by molar-refractivity contribution is -0.136. The molecule has 0 unspecified atom stereocenters. The van der Waals surface area contributed by atoms with Crippen LogP contribution in [-0.2, 0) is 16.6 Å². The molecule has 1 aromatic heterocycles. The van der Waals surface area contributed by atoms with Crippen LogP contribution in [0.15, 0.2) is 12.3 Å². The van der Waals surface area contributed by atoms with Crippen molar-refractivity contribution in [2.24, 2.45) is 17.8 Å². The summed E-state index contributed by atoms with van der Waals surface area (Å²) in [4.78, 5) is 19.6. The molecule has 4 fully saturated rings. The average molecular weight is 272 g/mol. The molecule has 20 heavy (non-hydrogen) atoms. The molecule has 4 bridgehead atoms. The van der Waals surface area contributed by atoms with E-state index in [0.29, 0.717) is 5.82 Å². The number of carbonyl (C=O) groups is 1. The molecule has 0 radical (unpaired) electrons. The molecule has 4 aliphatic rings. The zero-order valence-electron chi connectivity index (χ0n) is 11.6. The number of nitrogens with zero attached hydrogens (tertiary/aromatic N) is 2. The topological polar surface area (TPSA) is 63.1 Å². The lowest BCUT2D eigenvalue weighted by atomic mass is 9.49. The van der Waals surface area contributed by atoms with Gasteiger partial charge in [-0.3, -0.25) is 4.79 Å². The standard InChI is InChI=1S/C16H20N2O2/c19-15(20)6-14-17-2-1-13(18-14)16-7-10-3-11(8-16)5-12(4-10)9-16/h1-2,10-12H,3-9H2,(H,19,20). The zero-order valence-corrected chi connectivity index (χ0v) is 11.6. The molecule has 1 aromatic rings. The van der Waals surface area contributed by atoms with Gasteiger partial charge >= 0.3 is 5.97 Å². The Kier molecular flexibility index (Phi) is 2.63. The molecular formula is C16H20N2O2. The Morgan fingerprint density at radius 1 is 1.20 bits per heavy atom. The number of hydrogen-bond donors (Lipinski definition) is 1. The summed E-state index contributed by atoms with van der Waals surface area (Å²) >= 11 is 0. The summed E-state index contributed by atoms with van der Waals surface area (Å²) < 4.78 is 0. The number of aromatic nitrogens is 2. The Balaban J connectivity index is 1.68. The highest BCUT2D eigenvalue weighted by Gasteiger charge is 2.52. The lowest BCUT2D eigenvalue weighted by Crippen LogP contribution is -2.49. The Bertz CT molecular complexity index is 520. The quantitative estimate of drug-likeness (QED) is 0.918. The fraction of sp³-hybridized carbons (Fsp3) is 0.688. The third kappa shape index (κ3) is 1.93. The van der Waals surface area contributed by atoms with Gasteiger partial charge in [0.2, 0.25) is 0 Å². The SMILES string of the molecule is O=C(O)Cc1nccc(C23CC4CC(CC(C4)C2)C3)n1. The molecule has 4 saturated carbocycles. The van der Waals surface area contributed by atoms with E-state index >= 15 is 0 Å². The molecule has 106 valence electrons. The normalized spacial score (nSPS) is 38.1. The number of carboxylic acid groups (broad SMARTS) is 1. The van der Waals surface area contributed by atoms with Crippen LogP contribution in [0.3, 0.4) is 0 Å². The van der Waals surface area contributed by atoms with Gasteiger partial charge in [0.05, 0.1) is 5.69 Å². The highest BCUT2D eigenvalue weighted by Crippen LogP contribution is 2.60. The van der Waals surface area contributed by atoms with Crippen LogP contribution < -0.4 is 0 Å². The second-order valence-corrected chi connectivity index (χ2v) is 7.13. The monoisotopic (exact) mass is 272 g/mol. The Hall–Kier alpha value is -1.45. The van der Waals surface area contributed by atoms with Crippen molar-refractivity contribution in [3.05, 3.63) is 23.8 Å². The maximum atomic E-state index is 10.8. The maximum absolute atomic E-state index is 10.8. The summed E-state index contributed by atoms with van der Waals surface area (Å²) in [6.07, 6.45) is 9.66. The van der Waals surface area contributed by atoms with Crippen LogP contribution in [0.2, 0.25) is 0 Å². The molecule has 0 amide bonds. The van der Waals surface area contributed by atoms with Crippen LogP contribution in [0.5, 0.6) is 0 Å². The van der Waals surface area contributed by atoms with Crippen molar-refractivity contribution in [1.82, 2.24) is 9.97 Å². The van der Waals surface area contributed by atoms with Gasteiger partial charge in [-0.1, -0.05) is 0 Å². The molecule has 1 N–H and O–H groups in total. The summed E-state index contributed by atoms with van der Waals surface area (Å²) in [6.45, 7) is 0. The van der Waals surface area contributed by atoms with Crippen molar-refractivity contribution >= 4 is 5.97 Å². The molecule has 0 aliphatic heterocycles. The average Bonchev–Trinajstić information content (AvgIpc) is 2.36. The first-order valence-corrected chi connectivity index (χ1v) is 7.67. The fourth-order valence-electron chi connectivity index (χ4n) is 5.34. The Labute approximate surface area is 118 Å². The molecule has 4 heteroatoms. The second kappa shape index (κ2) is 4.27. The van der Waals surface area contributed by atoms with Crippen molar-refractivity contribution in [3.8, 4) is 0 Å². The Morgan fingerprint density at radius 2 is 1.80 bits per heavy atom. The largest absolute Gasteiger partial charge is 0.481 e. The molecular weight excluding hydrogens is 252 g/mol. The number of aliphatic carboxylic acids is 1. The minimum Gasteiger partial charge on any atom is -0.481 e. The number of carboxylic acids is 1. The van der Waals surface area contributed by atoms with E-state index in [1.807, 2.05) is 6.07 Å². The first kappa shape index (κ1) is 12.3. The van der Waals surface area contributed by atoms with Crippen LogP contribution in [0, 0.1) is 17.8 Å². The van der Waals surface area contributed by atoms with Gasteiger partial charge in [-0.2, -0.15) is 0 Å². The van der Waals surface area contributed by atoms with E-state index in [1.165, 1.54) is 38.5 Å². The summed E-state index contributed by atoms with van der Waals surface area (Å²) in [5, 5.41) is 8.91. The third-order valence-electron chi connectivity index (χ3n) is 5.60. The van der Waals surface area contributed by atoms with Crippen molar-refractivity contribution in [3.63, 3.8) is 0 Å². The van der Waals surface area contributed by atoms with Crippen LogP contribution in [0.4, 0.5) is 0 Å². The van der Waals surface area contributed by atoms with Gasteiger partial charge in [0.15, 0.2) is 0 Å². The van der Waals surface area contributed by atoms with Crippen LogP contribution in [0.1, 0.15) is 50.0 Å². The van der Waals surface area contributed by atoms with Gasteiger partial charge < -0.3 is 5.11 Å². The zero-order chi connectivity index (χ0) is 13.7. The third-order valence-corrected chi connectivity index (χ3v) is 5.60. The van der Waals surface area contributed by atoms with Gasteiger partial charge in [-0.25, -0.2) is 9.97 Å². The van der Waals surface area contributed by atoms with Crippen LogP contribution in [-0.4, -0.2) is 21.0 Å². The summed E-state index contributed by atoms with van der Waals surface area (Å²) in [5.41, 5.74) is 1.34. The molecule has 1 heterocycles. The van der Waals surface area contributed by atoms with Gasteiger partial charge in [-0.05, 0) is 62.3 Å². The molecule has 0 atom stereocenters. The number of rotatable bonds is 3. The summed E-state index contributed by atoms with van der Waals surface area (Å²) in [7, 11) is 0. The van der Waals surface area contributed by atoms with Crippen LogP contribution >= 0.6 is 0 Å². The van der Waals surface area contributed by atoms with Crippen molar-refractivity contribution < 1.29 is 9.90 Å². The van der Waals surface area contributed by atoms with E-state index in [9.17, 15) is 4.79 Å². The maximum Gasteiger partial charge on any atom is 0.311 e. The van der Waals surface area contributed by atoms with Gasteiger partial charge in [0.25, 0.3) is 0 Å². The number of hydrogen-bond acceptors (Lipinski definition) is 3. The minimum absolute atomic E-state index is 0.0692. The fourth-order valence-corrected chi connectivity index (χ4v) is 5.34. The van der Waals surface area contributed by atoms with E-state index in [-0.39, 0.29) is 11.8 Å². The Morgan fingerprint density at radius 3 is 2.35 bits per heavy atom. The molecule has 0 saturated heterocycles. The van der Waals surface area contributed by atoms with Crippen LogP contribution in [0.25, 0.3) is 0 Å². The highest BCUT2D eigenvalue weighted by atomic mass is 16.4. The van der Waals surface area contributed by atoms with Crippen molar-refractivity contribution in [2.45, 2.75) is 50.4 Å². The summed E-state index contributed by atoms with van der Waals surface area (Å²) in [5.74, 6) is 2.23. The van der Waals surface area contributed by atoms with E-state index in [1.54, 1.807) is 6.20 Å². The van der Waals surface area contributed by atoms with Crippen molar-refractivity contribution in [1.29, 1.82) is 0 Å². The smallest absolute Gasteiger partial charge is 0.311 e. The highest BCUT2D eigenvalue weighted by molar-refractivity contribution is 5.68. The predicted octanol–water partition coefficient (Wildman–Crippen LogP) is 2.57. The second-order valence-electron chi connectivity index (χ2n) is 7.13. The molecule has 4 aliphatic carbocycles. The summed E-state index contributed by atoms with van der Waals surface area (Å²) in [6, 6.07) is 2.03. The van der Waals surface area contributed by atoms with Gasteiger partial charge in [0.1, 0.15) is 12.2 Å². The van der Waals surface area contributed by atoms with E-state index in [4.69, 9.17) is 5.11 Å². The van der Waals surface area contributed by atoms with Gasteiger partial charge in [0, 0.05) is 11.6 Å². The van der Waals surface area contributed by atoms with Crippen molar-refractivity contribution in [2.75, 3.05) is 0 Å². The van der Waals surface area contributed by atoms with Gasteiger partial charge in [-0.15, -0.1) is 0 Å². The predicted molar refractivity (Wildman–Crippen MR) is 73.2 cm³/mol. The molecule has 5 rings (SSSR count). The lowest BCUT2D eigenvalue weighted by Gasteiger charge is -2.56. The van der Waals surface area contributed by atoms with E-state index < -0.39 is 5.97 Å². The first-order chi connectivity index (χ1) is 9.63. The molecule has 0 spiro atoms.